The fourth-order valence-corrected chi connectivity index (χ4v) is 3.58. The maximum atomic E-state index is 13.8. The van der Waals surface area contributed by atoms with Crippen LogP contribution >= 0.6 is 0 Å². The van der Waals surface area contributed by atoms with Gasteiger partial charge in [0.1, 0.15) is 5.69 Å². The fraction of sp³-hybridized carbons (Fsp3) is 0.304. The van der Waals surface area contributed by atoms with Crippen molar-refractivity contribution in [2.45, 2.75) is 38.4 Å². The predicted octanol–water partition coefficient (Wildman–Crippen LogP) is 4.55. The average molecular weight is 443 g/mol. The highest BCUT2D eigenvalue weighted by Crippen LogP contribution is 2.44. The first-order valence-electron chi connectivity index (χ1n) is 10.0. The molecule has 0 unspecified atom stereocenters. The van der Waals surface area contributed by atoms with E-state index in [1.54, 1.807) is 13.0 Å². The average Bonchev–Trinajstić information content (AvgIpc) is 3.61. The second-order valence-electron chi connectivity index (χ2n) is 7.77. The van der Waals surface area contributed by atoms with E-state index in [9.17, 15) is 22.8 Å². The Morgan fingerprint density at radius 2 is 1.94 bits per heavy atom. The van der Waals surface area contributed by atoms with E-state index in [1.165, 1.54) is 31.5 Å². The highest BCUT2D eigenvalue weighted by Gasteiger charge is 2.36. The molecule has 0 spiro atoms. The molecular weight excluding hydrogens is 423 g/mol. The van der Waals surface area contributed by atoms with Crippen LogP contribution in [0.25, 0.3) is 10.9 Å². The maximum absolute atomic E-state index is 13.8. The number of rotatable bonds is 5. The Bertz CT molecular complexity index is 1220. The smallest absolute Gasteiger partial charge is 0.418 e. The summed E-state index contributed by atoms with van der Waals surface area (Å²) in [6.45, 7) is 1.63. The van der Waals surface area contributed by atoms with Gasteiger partial charge >= 0.3 is 12.1 Å². The van der Waals surface area contributed by atoms with Gasteiger partial charge in [-0.05, 0) is 67.1 Å². The third-order valence-electron chi connectivity index (χ3n) is 5.40. The van der Waals surface area contributed by atoms with Gasteiger partial charge in [-0.2, -0.15) is 13.2 Å². The van der Waals surface area contributed by atoms with Crippen LogP contribution in [-0.4, -0.2) is 29.0 Å². The van der Waals surface area contributed by atoms with E-state index < -0.39 is 23.6 Å². The molecule has 4 rings (SSSR count). The number of hydrogen-bond acceptors (Lipinski definition) is 5. The van der Waals surface area contributed by atoms with E-state index in [4.69, 9.17) is 0 Å². The number of ether oxygens (including phenoxy) is 1. The molecule has 0 saturated heterocycles. The topological polar surface area (TPSA) is 81.2 Å². The summed E-state index contributed by atoms with van der Waals surface area (Å²) in [5.41, 5.74) is 0.669. The molecule has 1 N–H and O–H groups in total. The molecule has 32 heavy (non-hydrogen) atoms. The lowest BCUT2D eigenvalue weighted by atomic mass is 9.98. The number of pyridine rings is 2. The van der Waals surface area contributed by atoms with E-state index in [0.717, 1.165) is 18.9 Å². The Balaban J connectivity index is 1.64. The summed E-state index contributed by atoms with van der Waals surface area (Å²) in [5, 5.41) is 2.99. The van der Waals surface area contributed by atoms with Gasteiger partial charge in [-0.25, -0.2) is 9.78 Å². The number of carbonyl (C=O) groups excluding carboxylic acids is 2. The first-order valence-corrected chi connectivity index (χ1v) is 10.0. The molecule has 0 atom stereocenters. The van der Waals surface area contributed by atoms with Gasteiger partial charge in [0.15, 0.2) is 0 Å². The van der Waals surface area contributed by atoms with Gasteiger partial charge in [-0.15, -0.1) is 0 Å². The van der Waals surface area contributed by atoms with Crippen LogP contribution in [-0.2, 0) is 17.5 Å². The van der Waals surface area contributed by atoms with Gasteiger partial charge in [0.25, 0.3) is 5.91 Å². The molecule has 2 heterocycles. The second-order valence-corrected chi connectivity index (χ2v) is 7.77. The molecule has 1 aromatic carbocycles. The number of nitrogens with zero attached hydrogens (tertiary/aromatic N) is 2. The Morgan fingerprint density at radius 3 is 2.59 bits per heavy atom. The van der Waals surface area contributed by atoms with Gasteiger partial charge in [-0.1, -0.05) is 0 Å². The van der Waals surface area contributed by atoms with Crippen molar-refractivity contribution in [2.24, 2.45) is 0 Å². The molecule has 1 aliphatic rings. The summed E-state index contributed by atoms with van der Waals surface area (Å²) in [7, 11) is 1.25. The number of alkyl halides is 3. The molecule has 9 heteroatoms. The number of methoxy groups -OCH3 is 1. The third-order valence-corrected chi connectivity index (χ3v) is 5.40. The van der Waals surface area contributed by atoms with Crippen molar-refractivity contribution in [1.82, 2.24) is 15.3 Å². The van der Waals surface area contributed by atoms with Crippen LogP contribution in [0.1, 0.15) is 62.0 Å². The van der Waals surface area contributed by atoms with Gasteiger partial charge in [0.05, 0.1) is 36.0 Å². The lowest BCUT2D eigenvalue weighted by Crippen LogP contribution is -2.25. The van der Waals surface area contributed by atoms with Crippen molar-refractivity contribution in [2.75, 3.05) is 7.11 Å². The van der Waals surface area contributed by atoms with Crippen LogP contribution in [0.15, 0.2) is 36.5 Å². The summed E-state index contributed by atoms with van der Waals surface area (Å²) in [6.07, 6.45) is -1.43. The zero-order chi connectivity index (χ0) is 23.0. The second kappa shape index (κ2) is 8.22. The predicted molar refractivity (Wildman–Crippen MR) is 110 cm³/mol. The first kappa shape index (κ1) is 21.7. The van der Waals surface area contributed by atoms with Crippen LogP contribution in [0, 0.1) is 6.92 Å². The third kappa shape index (κ3) is 4.42. The molecule has 1 aliphatic carbocycles. The van der Waals surface area contributed by atoms with Crippen LogP contribution in [0.4, 0.5) is 13.2 Å². The van der Waals surface area contributed by atoms with Crippen molar-refractivity contribution in [3.05, 3.63) is 70.2 Å². The van der Waals surface area contributed by atoms with Crippen LogP contribution < -0.4 is 5.32 Å². The molecule has 2 aromatic heterocycles. The summed E-state index contributed by atoms with van der Waals surface area (Å²) in [4.78, 5) is 32.4. The monoisotopic (exact) mass is 443 g/mol. The normalized spacial score (nSPS) is 13.8. The first-order chi connectivity index (χ1) is 15.2. The highest BCUT2D eigenvalue weighted by molar-refractivity contribution is 5.97. The summed E-state index contributed by atoms with van der Waals surface area (Å²) >= 11 is 0. The van der Waals surface area contributed by atoms with E-state index >= 15 is 0 Å². The van der Waals surface area contributed by atoms with Gasteiger partial charge in [0.2, 0.25) is 0 Å². The summed E-state index contributed by atoms with van der Waals surface area (Å²) in [6, 6.07) is 7.31. The Labute approximate surface area is 181 Å². The maximum Gasteiger partial charge on any atom is 0.418 e. The number of aromatic nitrogens is 2. The zero-order valence-electron chi connectivity index (χ0n) is 17.4. The largest absolute Gasteiger partial charge is 0.465 e. The number of amides is 1. The van der Waals surface area contributed by atoms with Gasteiger partial charge in [0, 0.05) is 11.6 Å². The minimum Gasteiger partial charge on any atom is -0.465 e. The molecule has 6 nitrogen and oxygen atoms in total. The van der Waals surface area contributed by atoms with E-state index in [1.807, 2.05) is 0 Å². The quantitative estimate of drug-likeness (QED) is 0.585. The lowest BCUT2D eigenvalue weighted by Gasteiger charge is -2.15. The number of benzene rings is 1. The number of esters is 1. The molecular formula is C23H20F3N3O3. The van der Waals surface area contributed by atoms with Crippen LogP contribution in [0.2, 0.25) is 0 Å². The molecule has 1 saturated carbocycles. The lowest BCUT2D eigenvalue weighted by molar-refractivity contribution is -0.136. The molecule has 1 fully saturated rings. The van der Waals surface area contributed by atoms with Crippen LogP contribution in [0.5, 0.6) is 0 Å². The number of carbonyl (C=O) groups is 2. The molecule has 166 valence electrons. The minimum atomic E-state index is -4.59. The Hall–Kier alpha value is -3.49. The Kier molecular flexibility index (Phi) is 5.58. The zero-order valence-corrected chi connectivity index (χ0v) is 17.4. The summed E-state index contributed by atoms with van der Waals surface area (Å²) in [5.74, 6) is -1.03. The Morgan fingerprint density at radius 1 is 1.19 bits per heavy atom. The molecule has 0 bridgehead atoms. The summed E-state index contributed by atoms with van der Waals surface area (Å²) < 4.78 is 45.9. The molecule has 3 aromatic rings. The molecule has 0 aliphatic heterocycles. The SMILES string of the molecule is COC(=O)c1ccnc(CNC(=O)c2cc(C)c3cc(C4CC4)cc(C(F)(F)F)c3n2)c1. The van der Waals surface area contributed by atoms with Crippen molar-refractivity contribution >= 4 is 22.8 Å². The molecule has 0 radical (unpaired) electrons. The number of aryl methyl sites for hydroxylation is 1. The number of fused-ring (bicyclic) bond motifs is 1. The number of nitrogens with one attached hydrogen (secondary N) is 1. The van der Waals surface area contributed by atoms with Crippen molar-refractivity contribution in [3.63, 3.8) is 0 Å². The van der Waals surface area contributed by atoms with Crippen molar-refractivity contribution < 1.29 is 27.5 Å². The van der Waals surface area contributed by atoms with E-state index in [-0.39, 0.29) is 29.2 Å². The van der Waals surface area contributed by atoms with Gasteiger partial charge in [-0.3, -0.25) is 9.78 Å². The van der Waals surface area contributed by atoms with Gasteiger partial charge < -0.3 is 10.1 Å². The highest BCUT2D eigenvalue weighted by atomic mass is 19.4. The number of hydrogen-bond donors (Lipinski definition) is 1. The van der Waals surface area contributed by atoms with Crippen molar-refractivity contribution in [1.29, 1.82) is 0 Å². The van der Waals surface area contributed by atoms with Crippen LogP contribution in [0.3, 0.4) is 0 Å². The van der Waals surface area contributed by atoms with Crippen molar-refractivity contribution in [3.8, 4) is 0 Å². The standard InChI is InChI=1S/C23H20F3N3O3/c1-12-7-19(21(30)28-11-16-8-14(5-6-27-16)22(31)32-2)29-20-17(12)9-15(13-3-4-13)10-18(20)23(24,25)26/h5-10,13H,3-4,11H2,1-2H3,(H,28,30). The van der Waals surface area contributed by atoms with E-state index in [2.05, 4.69) is 20.0 Å². The molecule has 1 amide bonds. The fourth-order valence-electron chi connectivity index (χ4n) is 3.58. The van der Waals surface area contributed by atoms with E-state index in [0.29, 0.717) is 22.2 Å². The number of halogens is 3. The minimum absolute atomic E-state index is 0.0326.